The van der Waals surface area contributed by atoms with Crippen LogP contribution in [0, 0.1) is 16.7 Å². The summed E-state index contributed by atoms with van der Waals surface area (Å²) in [4.78, 5) is 11.4. The normalized spacial score (nSPS) is 41.9. The van der Waals surface area contributed by atoms with E-state index in [-0.39, 0.29) is 5.41 Å². The second-order valence-electron chi connectivity index (χ2n) is 4.95. The Morgan fingerprint density at radius 3 is 2.64 bits per heavy atom. The molecule has 0 aromatic heterocycles. The van der Waals surface area contributed by atoms with Crippen molar-refractivity contribution in [2.45, 2.75) is 33.1 Å². The second-order valence-corrected chi connectivity index (χ2v) is 4.95. The molecule has 0 spiro atoms. The number of carboxylic acids is 1. The number of hydrogen-bond acceptors (Lipinski definition) is 3. The third-order valence-electron chi connectivity index (χ3n) is 4.44. The van der Waals surface area contributed by atoms with Crippen molar-refractivity contribution < 1.29 is 9.90 Å². The molecule has 2 fully saturated rings. The van der Waals surface area contributed by atoms with Gasteiger partial charge in [0.05, 0.1) is 5.71 Å². The molecule has 0 radical (unpaired) electrons. The molecule has 0 aromatic rings. The van der Waals surface area contributed by atoms with Crippen LogP contribution in [0.5, 0.6) is 0 Å². The minimum Gasteiger partial charge on any atom is -0.481 e. The summed E-state index contributed by atoms with van der Waals surface area (Å²) in [5.41, 5.74) is -0.296. The first-order chi connectivity index (χ1) is 6.46. The second kappa shape index (κ2) is 2.49. The quantitative estimate of drug-likeness (QED) is 0.489. The zero-order valence-electron chi connectivity index (χ0n) is 8.58. The van der Waals surface area contributed by atoms with Crippen LogP contribution in [0.4, 0.5) is 0 Å². The van der Waals surface area contributed by atoms with Crippen LogP contribution in [0.1, 0.15) is 33.1 Å². The van der Waals surface area contributed by atoms with E-state index in [2.05, 4.69) is 5.10 Å². The molecule has 2 aliphatic rings. The van der Waals surface area contributed by atoms with Gasteiger partial charge in [0.1, 0.15) is 5.41 Å². The van der Waals surface area contributed by atoms with Crippen molar-refractivity contribution in [1.82, 2.24) is 0 Å². The molecule has 0 heterocycles. The Bertz CT molecular complexity index is 322. The number of carbonyl (C=O) groups is 1. The van der Waals surface area contributed by atoms with E-state index in [0.717, 1.165) is 12.8 Å². The Balaban J connectivity index is 2.57. The highest BCUT2D eigenvalue weighted by Gasteiger charge is 2.67. The van der Waals surface area contributed by atoms with E-state index in [1.165, 1.54) is 0 Å². The van der Waals surface area contributed by atoms with Gasteiger partial charge in [0.25, 0.3) is 0 Å². The third-order valence-corrected chi connectivity index (χ3v) is 4.44. The zero-order chi connectivity index (χ0) is 10.6. The predicted molar refractivity (Wildman–Crippen MR) is 52.8 cm³/mol. The largest absolute Gasteiger partial charge is 0.481 e. The van der Waals surface area contributed by atoms with Crippen molar-refractivity contribution in [1.29, 1.82) is 0 Å². The van der Waals surface area contributed by atoms with Crippen molar-refractivity contribution in [3.63, 3.8) is 0 Å². The van der Waals surface area contributed by atoms with Crippen LogP contribution in [0.3, 0.4) is 0 Å². The van der Waals surface area contributed by atoms with Gasteiger partial charge in [0, 0.05) is 0 Å². The van der Waals surface area contributed by atoms with Crippen molar-refractivity contribution >= 4 is 11.7 Å². The van der Waals surface area contributed by atoms with Gasteiger partial charge in [0.15, 0.2) is 0 Å². The Labute approximate surface area is 83.2 Å². The van der Waals surface area contributed by atoms with Gasteiger partial charge in [-0.3, -0.25) is 4.79 Å². The van der Waals surface area contributed by atoms with Crippen LogP contribution in [0.15, 0.2) is 5.10 Å². The molecular weight excluding hydrogens is 180 g/mol. The highest BCUT2D eigenvalue weighted by Crippen LogP contribution is 2.64. The van der Waals surface area contributed by atoms with Gasteiger partial charge < -0.3 is 10.9 Å². The molecule has 0 amide bonds. The van der Waals surface area contributed by atoms with Gasteiger partial charge >= 0.3 is 5.97 Å². The highest BCUT2D eigenvalue weighted by atomic mass is 16.4. The smallest absolute Gasteiger partial charge is 0.316 e. The maximum absolute atomic E-state index is 11.4. The molecule has 4 heteroatoms. The average Bonchev–Trinajstić information content (AvgIpc) is 2.51. The molecule has 2 saturated carbocycles. The lowest BCUT2D eigenvalue weighted by atomic mass is 9.69. The molecular formula is C10H16N2O2. The van der Waals surface area contributed by atoms with Crippen molar-refractivity contribution in [2.75, 3.05) is 0 Å². The molecule has 0 aromatic carbocycles. The lowest BCUT2D eigenvalue weighted by Gasteiger charge is -2.33. The molecule has 0 unspecified atom stereocenters. The van der Waals surface area contributed by atoms with Gasteiger partial charge in [-0.15, -0.1) is 0 Å². The van der Waals surface area contributed by atoms with Gasteiger partial charge in [0.2, 0.25) is 0 Å². The number of carboxylic acid groups (broad SMARTS) is 1. The first kappa shape index (κ1) is 9.49. The van der Waals surface area contributed by atoms with Crippen LogP contribution in [0.25, 0.3) is 0 Å². The molecule has 2 rings (SSSR count). The molecule has 2 aliphatic carbocycles. The first-order valence-corrected chi connectivity index (χ1v) is 4.97. The first-order valence-electron chi connectivity index (χ1n) is 4.97. The highest BCUT2D eigenvalue weighted by molar-refractivity contribution is 6.09. The third kappa shape index (κ3) is 0.751. The van der Waals surface area contributed by atoms with Crippen LogP contribution in [-0.4, -0.2) is 16.8 Å². The fraction of sp³-hybridized carbons (Fsp3) is 0.800. The summed E-state index contributed by atoms with van der Waals surface area (Å²) in [6.45, 7) is 4.05. The summed E-state index contributed by atoms with van der Waals surface area (Å²) in [6.07, 6.45) is 2.43. The van der Waals surface area contributed by atoms with Gasteiger partial charge in [-0.2, -0.15) is 5.10 Å². The fourth-order valence-electron chi connectivity index (χ4n) is 3.37. The lowest BCUT2D eigenvalue weighted by Crippen LogP contribution is -2.43. The van der Waals surface area contributed by atoms with E-state index in [4.69, 9.17) is 5.84 Å². The maximum Gasteiger partial charge on any atom is 0.316 e. The monoisotopic (exact) mass is 196 g/mol. The van der Waals surface area contributed by atoms with E-state index in [0.29, 0.717) is 18.1 Å². The van der Waals surface area contributed by atoms with Gasteiger partial charge in [-0.05, 0) is 30.6 Å². The van der Waals surface area contributed by atoms with Crippen molar-refractivity contribution in [3.8, 4) is 0 Å². The lowest BCUT2D eigenvalue weighted by molar-refractivity contribution is -0.148. The van der Waals surface area contributed by atoms with E-state index in [9.17, 15) is 9.90 Å². The summed E-state index contributed by atoms with van der Waals surface area (Å²) in [5.74, 6) is 4.96. The van der Waals surface area contributed by atoms with Gasteiger partial charge in [-0.1, -0.05) is 13.8 Å². The molecule has 0 saturated heterocycles. The minimum absolute atomic E-state index is 0.197. The number of hydrazone groups is 1. The Hall–Kier alpha value is -1.06. The van der Waals surface area contributed by atoms with Crippen molar-refractivity contribution in [3.05, 3.63) is 0 Å². The number of hydrogen-bond donors (Lipinski definition) is 2. The van der Waals surface area contributed by atoms with E-state index < -0.39 is 11.4 Å². The number of nitrogens with zero attached hydrogens (tertiary/aromatic N) is 1. The SMILES string of the molecule is CC1(C)[C@@H]2CC[C@@]1(C(=O)O)/C(=N\N)C2. The summed E-state index contributed by atoms with van der Waals surface area (Å²) in [6, 6.07) is 0. The summed E-state index contributed by atoms with van der Waals surface area (Å²) in [5, 5.41) is 13.1. The molecule has 78 valence electrons. The summed E-state index contributed by atoms with van der Waals surface area (Å²) >= 11 is 0. The van der Waals surface area contributed by atoms with Crippen LogP contribution < -0.4 is 5.84 Å². The number of nitrogens with two attached hydrogens (primary N) is 1. The zero-order valence-corrected chi connectivity index (χ0v) is 8.58. The molecule has 0 aliphatic heterocycles. The molecule has 4 nitrogen and oxygen atoms in total. The molecule has 14 heavy (non-hydrogen) atoms. The topological polar surface area (TPSA) is 75.7 Å². The minimum atomic E-state index is -0.785. The Morgan fingerprint density at radius 2 is 2.29 bits per heavy atom. The number of aliphatic carboxylic acids is 1. The fourth-order valence-corrected chi connectivity index (χ4v) is 3.37. The van der Waals surface area contributed by atoms with E-state index in [1.807, 2.05) is 13.8 Å². The molecule has 3 N–H and O–H groups in total. The summed E-state index contributed by atoms with van der Waals surface area (Å²) < 4.78 is 0. The van der Waals surface area contributed by atoms with Crippen molar-refractivity contribution in [2.24, 2.45) is 27.7 Å². The van der Waals surface area contributed by atoms with Crippen LogP contribution >= 0.6 is 0 Å². The number of fused-ring (bicyclic) bond motifs is 2. The van der Waals surface area contributed by atoms with E-state index in [1.54, 1.807) is 0 Å². The molecule has 2 atom stereocenters. The maximum atomic E-state index is 11.4. The Morgan fingerprint density at radius 1 is 1.64 bits per heavy atom. The average molecular weight is 196 g/mol. The van der Waals surface area contributed by atoms with Crippen LogP contribution in [-0.2, 0) is 4.79 Å². The summed E-state index contributed by atoms with van der Waals surface area (Å²) in [7, 11) is 0. The van der Waals surface area contributed by atoms with E-state index >= 15 is 0 Å². The van der Waals surface area contributed by atoms with Crippen LogP contribution in [0.2, 0.25) is 0 Å². The standard InChI is InChI=1S/C10H16N2O2/c1-9(2)6-3-4-10(9,8(13)14)7(5-6)12-11/h6H,3-5,11H2,1-2H3,(H,13,14)/b12-7-/t6-,10+/m1/s1. The molecule has 2 bridgehead atoms. The Kier molecular flexibility index (Phi) is 1.69. The predicted octanol–water partition coefficient (Wildman–Crippen LogP) is 1.21. The van der Waals surface area contributed by atoms with Gasteiger partial charge in [-0.25, -0.2) is 0 Å². The number of rotatable bonds is 1.